The molecule has 5 saturated carbocycles. The first-order chi connectivity index (χ1) is 13.0. The second-order valence-corrected chi connectivity index (χ2v) is 10.9. The van der Waals surface area contributed by atoms with Crippen molar-refractivity contribution in [3.63, 3.8) is 0 Å². The summed E-state index contributed by atoms with van der Waals surface area (Å²) in [6, 6.07) is 0. The molecular weight excluding hydrogens is 332 g/mol. The minimum atomic E-state index is -0.855. The molecule has 0 aliphatic heterocycles. The predicted octanol–water partition coefficient (Wildman–Crippen LogP) is 5.33. The summed E-state index contributed by atoms with van der Waals surface area (Å²) in [6.07, 6.45) is 23.4. The largest absolute Gasteiger partial charge is 0.377 e. The average molecular weight is 371 g/mol. The van der Waals surface area contributed by atoms with Crippen LogP contribution in [0.4, 0.5) is 0 Å². The van der Waals surface area contributed by atoms with E-state index in [1.807, 2.05) is 0 Å². The lowest BCUT2D eigenvalue weighted by Crippen LogP contribution is -2.53. The van der Waals surface area contributed by atoms with Crippen LogP contribution in [0.25, 0.3) is 0 Å². The first-order valence-corrected chi connectivity index (χ1v) is 11.9. The van der Waals surface area contributed by atoms with Gasteiger partial charge in [-0.05, 0) is 100 Å². The summed E-state index contributed by atoms with van der Waals surface area (Å²) in [6.45, 7) is 2.30. The van der Waals surface area contributed by atoms with Crippen LogP contribution >= 0.6 is 0 Å². The molecular formula is C25H38O2. The fourth-order valence-electron chi connectivity index (χ4n) is 8.48. The van der Waals surface area contributed by atoms with Crippen LogP contribution in [-0.2, 0) is 4.74 Å². The van der Waals surface area contributed by atoms with E-state index in [9.17, 15) is 5.11 Å². The molecule has 2 heteroatoms. The van der Waals surface area contributed by atoms with Crippen molar-refractivity contribution in [1.82, 2.24) is 0 Å². The number of terminal acetylenes is 1. The lowest BCUT2D eigenvalue weighted by molar-refractivity contribution is -0.121. The zero-order valence-electron chi connectivity index (χ0n) is 17.2. The molecule has 0 radical (unpaired) electrons. The summed E-state index contributed by atoms with van der Waals surface area (Å²) in [5, 5.41) is 11.1. The van der Waals surface area contributed by atoms with Crippen LogP contribution in [0.1, 0.15) is 90.4 Å². The van der Waals surface area contributed by atoms with Gasteiger partial charge in [0.15, 0.2) is 0 Å². The first-order valence-electron chi connectivity index (χ1n) is 11.9. The van der Waals surface area contributed by atoms with Crippen molar-refractivity contribution >= 4 is 0 Å². The number of ether oxygens (including phenoxy) is 1. The number of hydrogen-bond acceptors (Lipinski definition) is 2. The summed E-state index contributed by atoms with van der Waals surface area (Å²) in [7, 11) is 0. The Balaban J connectivity index is 1.27. The van der Waals surface area contributed by atoms with Crippen molar-refractivity contribution in [2.45, 2.75) is 108 Å². The Bertz CT molecular complexity index is 602. The Morgan fingerprint density at radius 1 is 0.852 bits per heavy atom. The molecule has 5 fully saturated rings. The standard InChI is InChI=1S/C25H38O2/c1-3-25(26)15-13-23-22-10-8-17-16-19(27-18-6-4-5-7-18)9-11-20(17)21(22)12-14-24(23,25)2/h1,17-23,26H,4-16H2,2H3. The van der Waals surface area contributed by atoms with E-state index < -0.39 is 5.60 Å². The van der Waals surface area contributed by atoms with Crippen LogP contribution in [0.15, 0.2) is 0 Å². The van der Waals surface area contributed by atoms with Gasteiger partial charge in [0.2, 0.25) is 0 Å². The molecule has 0 aromatic carbocycles. The molecule has 2 nitrogen and oxygen atoms in total. The zero-order valence-corrected chi connectivity index (χ0v) is 17.2. The van der Waals surface area contributed by atoms with Gasteiger partial charge in [0.1, 0.15) is 5.60 Å². The van der Waals surface area contributed by atoms with Gasteiger partial charge in [-0.25, -0.2) is 0 Å². The van der Waals surface area contributed by atoms with E-state index in [0.717, 1.165) is 42.9 Å². The van der Waals surface area contributed by atoms with Crippen LogP contribution in [0, 0.1) is 47.3 Å². The normalized spacial score (nSPS) is 52.6. The van der Waals surface area contributed by atoms with Gasteiger partial charge >= 0.3 is 0 Å². The topological polar surface area (TPSA) is 29.5 Å². The maximum atomic E-state index is 11.1. The van der Waals surface area contributed by atoms with Gasteiger partial charge in [-0.3, -0.25) is 0 Å². The van der Waals surface area contributed by atoms with Crippen LogP contribution in [0.5, 0.6) is 0 Å². The number of rotatable bonds is 2. The minimum absolute atomic E-state index is 0.0431. The summed E-state index contributed by atoms with van der Waals surface area (Å²) in [5.74, 6) is 6.95. The Kier molecular flexibility index (Phi) is 4.64. The van der Waals surface area contributed by atoms with E-state index >= 15 is 0 Å². The molecule has 0 saturated heterocycles. The van der Waals surface area contributed by atoms with Crippen LogP contribution in [-0.4, -0.2) is 22.9 Å². The highest BCUT2D eigenvalue weighted by molar-refractivity contribution is 5.23. The molecule has 1 N–H and O–H groups in total. The summed E-state index contributed by atoms with van der Waals surface area (Å²) in [4.78, 5) is 0. The molecule has 8 unspecified atom stereocenters. The molecule has 5 rings (SSSR count). The Morgan fingerprint density at radius 3 is 2.41 bits per heavy atom. The Hall–Kier alpha value is -0.520. The quantitative estimate of drug-likeness (QED) is 0.666. The summed E-state index contributed by atoms with van der Waals surface area (Å²) >= 11 is 0. The van der Waals surface area contributed by atoms with E-state index in [4.69, 9.17) is 11.2 Å². The molecule has 0 bridgehead atoms. The second-order valence-electron chi connectivity index (χ2n) is 10.9. The van der Waals surface area contributed by atoms with E-state index in [0.29, 0.717) is 18.1 Å². The molecule has 5 aliphatic rings. The van der Waals surface area contributed by atoms with E-state index in [1.54, 1.807) is 0 Å². The third-order valence-corrected chi connectivity index (χ3v) is 9.98. The highest BCUT2D eigenvalue weighted by atomic mass is 16.5. The first kappa shape index (κ1) is 18.5. The smallest absolute Gasteiger partial charge is 0.130 e. The highest BCUT2D eigenvalue weighted by Crippen LogP contribution is 2.65. The SMILES string of the molecule is C#CC1(O)CCC2C3CCC4CC(OC5CCCC5)CCC4C3CCC21C. The molecule has 27 heavy (non-hydrogen) atoms. The fourth-order valence-corrected chi connectivity index (χ4v) is 8.48. The Labute approximate surface area is 165 Å². The second kappa shape index (κ2) is 6.77. The molecule has 0 aromatic rings. The van der Waals surface area contributed by atoms with E-state index in [1.165, 1.54) is 64.2 Å². The van der Waals surface area contributed by atoms with Gasteiger partial charge in [0.25, 0.3) is 0 Å². The van der Waals surface area contributed by atoms with Gasteiger partial charge in [-0.15, -0.1) is 6.42 Å². The van der Waals surface area contributed by atoms with Crippen molar-refractivity contribution in [3.05, 3.63) is 0 Å². The minimum Gasteiger partial charge on any atom is -0.377 e. The van der Waals surface area contributed by atoms with Gasteiger partial charge < -0.3 is 9.84 Å². The molecule has 8 atom stereocenters. The number of aliphatic hydroxyl groups is 1. The number of hydrogen-bond donors (Lipinski definition) is 1. The summed E-state index contributed by atoms with van der Waals surface area (Å²) < 4.78 is 6.51. The average Bonchev–Trinajstić information content (AvgIpc) is 3.28. The van der Waals surface area contributed by atoms with Crippen LogP contribution in [0.3, 0.4) is 0 Å². The molecule has 5 aliphatic carbocycles. The number of fused-ring (bicyclic) bond motifs is 5. The fraction of sp³-hybridized carbons (Fsp3) is 0.920. The van der Waals surface area contributed by atoms with Crippen LogP contribution in [0.2, 0.25) is 0 Å². The molecule has 150 valence electrons. The van der Waals surface area contributed by atoms with Crippen molar-refractivity contribution in [3.8, 4) is 12.3 Å². The molecule has 0 amide bonds. The highest BCUT2D eigenvalue weighted by Gasteiger charge is 2.62. The van der Waals surface area contributed by atoms with Gasteiger partial charge in [-0.2, -0.15) is 0 Å². The maximum Gasteiger partial charge on any atom is 0.130 e. The third-order valence-electron chi connectivity index (χ3n) is 9.98. The lowest BCUT2D eigenvalue weighted by atomic mass is 9.49. The van der Waals surface area contributed by atoms with Crippen LogP contribution < -0.4 is 0 Å². The van der Waals surface area contributed by atoms with E-state index in [-0.39, 0.29) is 5.41 Å². The maximum absolute atomic E-state index is 11.1. The monoisotopic (exact) mass is 370 g/mol. The summed E-state index contributed by atoms with van der Waals surface area (Å²) in [5.41, 5.74) is -0.898. The van der Waals surface area contributed by atoms with Gasteiger partial charge in [0, 0.05) is 5.41 Å². The lowest BCUT2D eigenvalue weighted by Gasteiger charge is -2.56. The van der Waals surface area contributed by atoms with Crippen molar-refractivity contribution < 1.29 is 9.84 Å². The van der Waals surface area contributed by atoms with Gasteiger partial charge in [0.05, 0.1) is 12.2 Å². The third kappa shape index (κ3) is 2.83. The predicted molar refractivity (Wildman–Crippen MR) is 108 cm³/mol. The van der Waals surface area contributed by atoms with Crippen molar-refractivity contribution in [2.75, 3.05) is 0 Å². The Morgan fingerprint density at radius 2 is 1.63 bits per heavy atom. The van der Waals surface area contributed by atoms with E-state index in [2.05, 4.69) is 12.8 Å². The van der Waals surface area contributed by atoms with Crippen molar-refractivity contribution in [1.29, 1.82) is 0 Å². The van der Waals surface area contributed by atoms with Gasteiger partial charge in [-0.1, -0.05) is 25.7 Å². The molecule has 0 aromatic heterocycles. The molecule has 0 heterocycles. The van der Waals surface area contributed by atoms with Crippen molar-refractivity contribution in [2.24, 2.45) is 35.0 Å². The molecule has 0 spiro atoms. The zero-order chi connectivity index (χ0) is 18.6.